The summed E-state index contributed by atoms with van der Waals surface area (Å²) >= 11 is 6.21. The van der Waals surface area contributed by atoms with Crippen LogP contribution >= 0.6 is 11.6 Å². The number of ether oxygens (including phenoxy) is 1. The summed E-state index contributed by atoms with van der Waals surface area (Å²) in [6.07, 6.45) is 0. The minimum atomic E-state index is -0.276. The molecule has 0 aromatic heterocycles. The Labute approximate surface area is 123 Å². The molecule has 106 valence electrons. The van der Waals surface area contributed by atoms with Crippen LogP contribution in [0, 0.1) is 12.7 Å². The molecule has 0 unspecified atom stereocenters. The molecule has 0 aliphatic carbocycles. The van der Waals surface area contributed by atoms with Crippen molar-refractivity contribution in [3.63, 3.8) is 0 Å². The van der Waals surface area contributed by atoms with Gasteiger partial charge in [0.05, 0.1) is 5.02 Å². The maximum Gasteiger partial charge on any atom is 0.146 e. The fourth-order valence-electron chi connectivity index (χ4n) is 1.85. The molecule has 0 atom stereocenters. The molecule has 20 heavy (non-hydrogen) atoms. The van der Waals surface area contributed by atoms with Gasteiger partial charge in [-0.3, -0.25) is 0 Å². The van der Waals surface area contributed by atoms with Crippen molar-refractivity contribution in [1.29, 1.82) is 0 Å². The van der Waals surface area contributed by atoms with Crippen LogP contribution in [0.2, 0.25) is 5.02 Å². The molecule has 0 heterocycles. The van der Waals surface area contributed by atoms with Gasteiger partial charge in [0.1, 0.15) is 17.3 Å². The molecule has 2 aromatic carbocycles. The summed E-state index contributed by atoms with van der Waals surface area (Å²) in [5.74, 6) is 0.899. The van der Waals surface area contributed by atoms with Crippen LogP contribution in [-0.4, -0.2) is 6.54 Å². The second-order valence-electron chi connectivity index (χ2n) is 4.56. The summed E-state index contributed by atoms with van der Waals surface area (Å²) in [6, 6.07) is 10.1. The number of nitrogens with one attached hydrogen (secondary N) is 1. The van der Waals surface area contributed by atoms with E-state index in [2.05, 4.69) is 12.2 Å². The van der Waals surface area contributed by atoms with Crippen molar-refractivity contribution in [2.45, 2.75) is 20.4 Å². The minimum Gasteiger partial charge on any atom is -0.456 e. The highest BCUT2D eigenvalue weighted by atomic mass is 35.5. The van der Waals surface area contributed by atoms with E-state index in [-0.39, 0.29) is 5.82 Å². The first kappa shape index (κ1) is 14.8. The molecule has 4 heteroatoms. The lowest BCUT2D eigenvalue weighted by Gasteiger charge is -2.11. The first-order valence-electron chi connectivity index (χ1n) is 6.53. The van der Waals surface area contributed by atoms with Gasteiger partial charge in [-0.15, -0.1) is 0 Å². The molecule has 2 aromatic rings. The predicted molar refractivity (Wildman–Crippen MR) is 80.0 cm³/mol. The fraction of sp³-hybridized carbons (Fsp3) is 0.250. The number of rotatable bonds is 5. The molecule has 1 N–H and O–H groups in total. The quantitative estimate of drug-likeness (QED) is 0.863. The highest BCUT2D eigenvalue weighted by Crippen LogP contribution is 2.32. The van der Waals surface area contributed by atoms with Crippen LogP contribution < -0.4 is 10.1 Å². The molecule has 0 saturated heterocycles. The summed E-state index contributed by atoms with van der Waals surface area (Å²) in [7, 11) is 0. The van der Waals surface area contributed by atoms with E-state index in [1.54, 1.807) is 13.0 Å². The Hall–Kier alpha value is -1.58. The van der Waals surface area contributed by atoms with E-state index in [1.165, 1.54) is 12.1 Å². The van der Waals surface area contributed by atoms with E-state index in [0.717, 1.165) is 24.2 Å². The number of halogens is 2. The third kappa shape index (κ3) is 3.71. The summed E-state index contributed by atoms with van der Waals surface area (Å²) < 4.78 is 18.8. The molecule has 0 aliphatic rings. The number of hydrogen-bond donors (Lipinski definition) is 1. The van der Waals surface area contributed by atoms with E-state index in [0.29, 0.717) is 16.5 Å². The number of benzene rings is 2. The maximum absolute atomic E-state index is 13.0. The predicted octanol–water partition coefficient (Wildman–Crippen LogP) is 4.69. The molecular formula is C16H17ClFNO. The lowest BCUT2D eigenvalue weighted by molar-refractivity contribution is 0.476. The van der Waals surface area contributed by atoms with E-state index in [4.69, 9.17) is 16.3 Å². The Morgan fingerprint density at radius 3 is 2.55 bits per heavy atom. The Balaban J connectivity index is 2.17. The van der Waals surface area contributed by atoms with Crippen LogP contribution in [0.5, 0.6) is 11.5 Å². The van der Waals surface area contributed by atoms with Gasteiger partial charge in [0.15, 0.2) is 0 Å². The minimum absolute atomic E-state index is 0.276. The van der Waals surface area contributed by atoms with Gasteiger partial charge < -0.3 is 10.1 Å². The topological polar surface area (TPSA) is 21.3 Å². The van der Waals surface area contributed by atoms with Crippen molar-refractivity contribution in [1.82, 2.24) is 5.32 Å². The van der Waals surface area contributed by atoms with Crippen molar-refractivity contribution in [3.8, 4) is 11.5 Å². The molecule has 0 fully saturated rings. The summed E-state index contributed by atoms with van der Waals surface area (Å²) in [5.41, 5.74) is 1.83. The lowest BCUT2D eigenvalue weighted by atomic mass is 10.2. The third-order valence-electron chi connectivity index (χ3n) is 2.93. The SMILES string of the molecule is CCNCc1ccc(Oc2ccc(F)cc2C)c(Cl)c1. The third-order valence-corrected chi connectivity index (χ3v) is 3.23. The van der Waals surface area contributed by atoms with Gasteiger partial charge in [0, 0.05) is 6.54 Å². The Morgan fingerprint density at radius 1 is 1.15 bits per heavy atom. The summed E-state index contributed by atoms with van der Waals surface area (Å²) in [5, 5.41) is 3.78. The first-order valence-corrected chi connectivity index (χ1v) is 6.91. The zero-order valence-electron chi connectivity index (χ0n) is 11.5. The zero-order valence-corrected chi connectivity index (χ0v) is 12.3. The summed E-state index contributed by atoms with van der Waals surface area (Å²) in [4.78, 5) is 0. The average Bonchev–Trinajstić information content (AvgIpc) is 2.42. The van der Waals surface area contributed by atoms with Gasteiger partial charge in [0.25, 0.3) is 0 Å². The van der Waals surface area contributed by atoms with Crippen LogP contribution in [-0.2, 0) is 6.54 Å². The highest BCUT2D eigenvalue weighted by molar-refractivity contribution is 6.32. The Kier molecular flexibility index (Phi) is 4.99. The van der Waals surface area contributed by atoms with Crippen LogP contribution in [0.3, 0.4) is 0 Å². The van der Waals surface area contributed by atoms with Crippen LogP contribution in [0.15, 0.2) is 36.4 Å². The second-order valence-corrected chi connectivity index (χ2v) is 4.96. The lowest BCUT2D eigenvalue weighted by Crippen LogP contribution is -2.11. The smallest absolute Gasteiger partial charge is 0.146 e. The van der Waals surface area contributed by atoms with Crippen molar-refractivity contribution in [2.75, 3.05) is 6.54 Å². The molecule has 0 spiro atoms. The van der Waals surface area contributed by atoms with Crippen molar-refractivity contribution < 1.29 is 9.13 Å². The molecule has 0 saturated carbocycles. The molecular weight excluding hydrogens is 277 g/mol. The van der Waals surface area contributed by atoms with Crippen LogP contribution in [0.25, 0.3) is 0 Å². The van der Waals surface area contributed by atoms with Gasteiger partial charge in [-0.2, -0.15) is 0 Å². The van der Waals surface area contributed by atoms with Gasteiger partial charge in [-0.05, 0) is 54.9 Å². The largest absolute Gasteiger partial charge is 0.456 e. The molecule has 2 rings (SSSR count). The monoisotopic (exact) mass is 293 g/mol. The van der Waals surface area contributed by atoms with Crippen molar-refractivity contribution in [3.05, 3.63) is 58.4 Å². The Morgan fingerprint density at radius 2 is 1.90 bits per heavy atom. The number of aryl methyl sites for hydroxylation is 1. The van der Waals surface area contributed by atoms with E-state index in [9.17, 15) is 4.39 Å². The molecule has 2 nitrogen and oxygen atoms in total. The van der Waals surface area contributed by atoms with E-state index >= 15 is 0 Å². The van der Waals surface area contributed by atoms with Gasteiger partial charge >= 0.3 is 0 Å². The van der Waals surface area contributed by atoms with Gasteiger partial charge in [0.2, 0.25) is 0 Å². The first-order chi connectivity index (χ1) is 9.60. The van der Waals surface area contributed by atoms with Crippen LogP contribution in [0.4, 0.5) is 4.39 Å². The van der Waals surface area contributed by atoms with Crippen LogP contribution in [0.1, 0.15) is 18.1 Å². The number of hydrogen-bond acceptors (Lipinski definition) is 2. The maximum atomic E-state index is 13.0. The van der Waals surface area contributed by atoms with Gasteiger partial charge in [-0.1, -0.05) is 24.6 Å². The second kappa shape index (κ2) is 6.73. The molecule has 0 aliphatic heterocycles. The van der Waals surface area contributed by atoms with Crippen molar-refractivity contribution >= 4 is 11.6 Å². The van der Waals surface area contributed by atoms with Gasteiger partial charge in [-0.25, -0.2) is 4.39 Å². The highest BCUT2D eigenvalue weighted by Gasteiger charge is 2.07. The Bertz CT molecular complexity index is 601. The van der Waals surface area contributed by atoms with E-state index in [1.807, 2.05) is 18.2 Å². The average molecular weight is 294 g/mol. The zero-order chi connectivity index (χ0) is 14.5. The normalized spacial score (nSPS) is 10.6. The molecule has 0 amide bonds. The molecule has 0 radical (unpaired) electrons. The summed E-state index contributed by atoms with van der Waals surface area (Å²) in [6.45, 7) is 5.53. The fourth-order valence-corrected chi connectivity index (χ4v) is 2.09. The van der Waals surface area contributed by atoms with Crippen molar-refractivity contribution in [2.24, 2.45) is 0 Å². The standard InChI is InChI=1S/C16H17ClFNO/c1-3-19-10-12-4-6-16(14(17)9-12)20-15-7-5-13(18)8-11(15)2/h4-9,19H,3,10H2,1-2H3. The molecule has 0 bridgehead atoms. The van der Waals surface area contributed by atoms with E-state index < -0.39 is 0 Å².